The molecule has 0 unspecified atom stereocenters. The fourth-order valence-electron chi connectivity index (χ4n) is 2.71. The Hall–Kier alpha value is -2.40. The standard InChI is InChI=1S/C20H20BrN3O/c1-14-4-10-18(11-5-14)24-15(2)19(12-22-24)20(25)23(3)13-16-6-8-17(21)9-7-16/h4-12H,13H2,1-3H3. The molecule has 0 aliphatic rings. The summed E-state index contributed by atoms with van der Waals surface area (Å²) >= 11 is 3.42. The topological polar surface area (TPSA) is 38.1 Å². The van der Waals surface area contributed by atoms with Gasteiger partial charge in [-0.3, -0.25) is 4.79 Å². The van der Waals surface area contributed by atoms with Gasteiger partial charge in [0.25, 0.3) is 5.91 Å². The number of rotatable bonds is 4. The number of benzene rings is 2. The van der Waals surface area contributed by atoms with E-state index in [-0.39, 0.29) is 5.91 Å². The molecule has 1 aromatic heterocycles. The summed E-state index contributed by atoms with van der Waals surface area (Å²) in [5, 5.41) is 4.40. The molecule has 1 amide bonds. The van der Waals surface area contributed by atoms with Gasteiger partial charge in [0.05, 0.1) is 23.1 Å². The molecule has 2 aromatic carbocycles. The molecule has 1 heterocycles. The van der Waals surface area contributed by atoms with Crippen LogP contribution in [-0.2, 0) is 6.54 Å². The summed E-state index contributed by atoms with van der Waals surface area (Å²) in [6.07, 6.45) is 1.65. The van der Waals surface area contributed by atoms with E-state index >= 15 is 0 Å². The lowest BCUT2D eigenvalue weighted by Gasteiger charge is -2.17. The van der Waals surface area contributed by atoms with Gasteiger partial charge < -0.3 is 4.90 Å². The van der Waals surface area contributed by atoms with Crippen LogP contribution in [0.5, 0.6) is 0 Å². The summed E-state index contributed by atoms with van der Waals surface area (Å²) in [6.45, 7) is 4.53. The maximum Gasteiger partial charge on any atom is 0.257 e. The maximum atomic E-state index is 12.8. The summed E-state index contributed by atoms with van der Waals surface area (Å²) in [6, 6.07) is 16.1. The first-order valence-electron chi connectivity index (χ1n) is 8.07. The van der Waals surface area contributed by atoms with Crippen molar-refractivity contribution in [2.24, 2.45) is 0 Å². The summed E-state index contributed by atoms with van der Waals surface area (Å²) in [4.78, 5) is 14.5. The van der Waals surface area contributed by atoms with E-state index in [4.69, 9.17) is 0 Å². The van der Waals surface area contributed by atoms with Crippen molar-refractivity contribution in [2.75, 3.05) is 7.05 Å². The second kappa shape index (κ2) is 7.23. The molecule has 3 aromatic rings. The van der Waals surface area contributed by atoms with Gasteiger partial charge in [-0.15, -0.1) is 0 Å². The zero-order valence-electron chi connectivity index (χ0n) is 14.5. The minimum Gasteiger partial charge on any atom is -0.337 e. The smallest absolute Gasteiger partial charge is 0.257 e. The van der Waals surface area contributed by atoms with Gasteiger partial charge in [-0.1, -0.05) is 45.8 Å². The lowest BCUT2D eigenvalue weighted by atomic mass is 10.2. The molecular weight excluding hydrogens is 378 g/mol. The van der Waals surface area contributed by atoms with Crippen LogP contribution < -0.4 is 0 Å². The molecule has 0 aliphatic carbocycles. The Morgan fingerprint density at radius 1 is 1.08 bits per heavy atom. The van der Waals surface area contributed by atoms with Crippen molar-refractivity contribution in [3.8, 4) is 5.69 Å². The van der Waals surface area contributed by atoms with Gasteiger partial charge >= 0.3 is 0 Å². The SMILES string of the molecule is Cc1ccc(-n2ncc(C(=O)N(C)Cc3ccc(Br)cc3)c2C)cc1. The molecule has 25 heavy (non-hydrogen) atoms. The molecule has 4 nitrogen and oxygen atoms in total. The van der Waals surface area contributed by atoms with Gasteiger partial charge in [-0.2, -0.15) is 5.10 Å². The Kier molecular flexibility index (Phi) is 5.04. The highest BCUT2D eigenvalue weighted by Gasteiger charge is 2.18. The van der Waals surface area contributed by atoms with Gasteiger partial charge in [0, 0.05) is 18.1 Å². The van der Waals surface area contributed by atoms with E-state index in [1.165, 1.54) is 5.56 Å². The first-order valence-corrected chi connectivity index (χ1v) is 8.86. The fourth-order valence-corrected chi connectivity index (χ4v) is 2.97. The fraction of sp³-hybridized carbons (Fsp3) is 0.200. The average molecular weight is 398 g/mol. The molecular formula is C20H20BrN3O. The van der Waals surface area contributed by atoms with Gasteiger partial charge in [0.15, 0.2) is 0 Å². The molecule has 0 aliphatic heterocycles. The van der Waals surface area contributed by atoms with E-state index in [0.29, 0.717) is 12.1 Å². The Balaban J connectivity index is 1.80. The van der Waals surface area contributed by atoms with Crippen LogP contribution >= 0.6 is 15.9 Å². The van der Waals surface area contributed by atoms with Crippen molar-refractivity contribution in [1.29, 1.82) is 0 Å². The number of amides is 1. The van der Waals surface area contributed by atoms with Crippen LogP contribution in [0.1, 0.15) is 27.2 Å². The van der Waals surface area contributed by atoms with E-state index < -0.39 is 0 Å². The Bertz CT molecular complexity index is 882. The molecule has 0 atom stereocenters. The van der Waals surface area contributed by atoms with Crippen LogP contribution in [0, 0.1) is 13.8 Å². The zero-order chi connectivity index (χ0) is 18.0. The van der Waals surface area contributed by atoms with Gasteiger partial charge in [0.1, 0.15) is 0 Å². The minimum absolute atomic E-state index is 0.0289. The molecule has 0 radical (unpaired) electrons. The monoisotopic (exact) mass is 397 g/mol. The lowest BCUT2D eigenvalue weighted by Crippen LogP contribution is -2.26. The zero-order valence-corrected chi connectivity index (χ0v) is 16.1. The predicted molar refractivity (Wildman–Crippen MR) is 103 cm³/mol. The van der Waals surface area contributed by atoms with Crippen molar-refractivity contribution in [1.82, 2.24) is 14.7 Å². The van der Waals surface area contributed by atoms with E-state index in [0.717, 1.165) is 21.4 Å². The minimum atomic E-state index is -0.0289. The number of aromatic nitrogens is 2. The van der Waals surface area contributed by atoms with E-state index in [1.807, 2.05) is 69.4 Å². The first kappa shape index (κ1) is 17.4. The molecule has 128 valence electrons. The predicted octanol–water partition coefficient (Wildman–Crippen LogP) is 4.52. The highest BCUT2D eigenvalue weighted by Crippen LogP contribution is 2.18. The molecule has 0 saturated carbocycles. The summed E-state index contributed by atoms with van der Waals surface area (Å²) in [7, 11) is 1.81. The van der Waals surface area contributed by atoms with E-state index in [2.05, 4.69) is 21.0 Å². The number of hydrogen-bond donors (Lipinski definition) is 0. The van der Waals surface area contributed by atoms with Crippen molar-refractivity contribution < 1.29 is 4.79 Å². The number of halogens is 1. The average Bonchev–Trinajstić information content (AvgIpc) is 2.98. The number of aryl methyl sites for hydroxylation is 1. The van der Waals surface area contributed by atoms with Crippen LogP contribution in [0.4, 0.5) is 0 Å². The van der Waals surface area contributed by atoms with Crippen molar-refractivity contribution in [3.63, 3.8) is 0 Å². The molecule has 0 bridgehead atoms. The number of carbonyl (C=O) groups is 1. The maximum absolute atomic E-state index is 12.8. The van der Waals surface area contributed by atoms with E-state index in [9.17, 15) is 4.79 Å². The molecule has 0 spiro atoms. The summed E-state index contributed by atoms with van der Waals surface area (Å²) < 4.78 is 2.83. The first-order chi connectivity index (χ1) is 12.0. The third-order valence-corrected chi connectivity index (χ3v) is 4.73. The summed E-state index contributed by atoms with van der Waals surface area (Å²) in [5.41, 5.74) is 4.70. The largest absolute Gasteiger partial charge is 0.337 e. The Labute approximate surface area is 156 Å². The van der Waals surface area contributed by atoms with Crippen LogP contribution in [0.15, 0.2) is 59.2 Å². The molecule has 0 fully saturated rings. The molecule has 5 heteroatoms. The molecule has 0 N–H and O–H groups in total. The highest BCUT2D eigenvalue weighted by atomic mass is 79.9. The van der Waals surface area contributed by atoms with Gasteiger partial charge in [0.2, 0.25) is 0 Å². The number of nitrogens with zero attached hydrogens (tertiary/aromatic N) is 3. The molecule has 0 saturated heterocycles. The van der Waals surface area contributed by atoms with Crippen LogP contribution in [0.2, 0.25) is 0 Å². The highest BCUT2D eigenvalue weighted by molar-refractivity contribution is 9.10. The quantitative estimate of drug-likeness (QED) is 0.648. The van der Waals surface area contributed by atoms with E-state index in [1.54, 1.807) is 15.8 Å². The summed E-state index contributed by atoms with van der Waals surface area (Å²) in [5.74, 6) is -0.0289. The van der Waals surface area contributed by atoms with Crippen molar-refractivity contribution >= 4 is 21.8 Å². The van der Waals surface area contributed by atoms with Crippen molar-refractivity contribution in [3.05, 3.63) is 81.6 Å². The molecule has 3 rings (SSSR count). The second-order valence-electron chi connectivity index (χ2n) is 6.18. The number of carbonyl (C=O) groups excluding carboxylic acids is 1. The number of hydrogen-bond acceptors (Lipinski definition) is 2. The van der Waals surface area contributed by atoms with Crippen LogP contribution in [0.3, 0.4) is 0 Å². The lowest BCUT2D eigenvalue weighted by molar-refractivity contribution is 0.0784. The van der Waals surface area contributed by atoms with Gasteiger partial charge in [-0.25, -0.2) is 4.68 Å². The normalized spacial score (nSPS) is 10.7. The Morgan fingerprint density at radius 3 is 2.36 bits per heavy atom. The van der Waals surface area contributed by atoms with Crippen molar-refractivity contribution in [2.45, 2.75) is 20.4 Å². The third-order valence-electron chi connectivity index (χ3n) is 4.20. The van der Waals surface area contributed by atoms with Crippen LogP contribution in [0.25, 0.3) is 5.69 Å². The Morgan fingerprint density at radius 2 is 1.72 bits per heavy atom. The second-order valence-corrected chi connectivity index (χ2v) is 7.09. The van der Waals surface area contributed by atoms with Crippen LogP contribution in [-0.4, -0.2) is 27.6 Å². The third kappa shape index (κ3) is 3.82. The van der Waals surface area contributed by atoms with Gasteiger partial charge in [-0.05, 0) is 43.7 Å².